The maximum atomic E-state index is 10.5. The van der Waals surface area contributed by atoms with Crippen LogP contribution >= 0.6 is 15.9 Å². The van der Waals surface area contributed by atoms with Crippen LogP contribution in [0.4, 0.5) is 0 Å². The second kappa shape index (κ2) is 6.01. The minimum atomic E-state index is -0.775. The van der Waals surface area contributed by atoms with Crippen LogP contribution in [-0.4, -0.2) is 17.1 Å². The van der Waals surface area contributed by atoms with Crippen LogP contribution in [-0.2, 0) is 4.79 Å². The quantitative estimate of drug-likeness (QED) is 0.875. The highest BCUT2D eigenvalue weighted by atomic mass is 79.9. The number of hydrogen-bond acceptors (Lipinski definition) is 2. The molecule has 4 heteroatoms. The van der Waals surface area contributed by atoms with Gasteiger partial charge >= 0.3 is 5.97 Å². The number of carboxylic acid groups (broad SMARTS) is 1. The van der Waals surface area contributed by atoms with E-state index in [0.29, 0.717) is 0 Å². The number of nitrogens with one attached hydrogen (secondary N) is 1. The zero-order valence-corrected chi connectivity index (χ0v) is 11.0. The highest BCUT2D eigenvalue weighted by molar-refractivity contribution is 9.10. The van der Waals surface area contributed by atoms with E-state index in [-0.39, 0.29) is 18.5 Å². The number of benzene rings is 1. The second-order valence-electron chi connectivity index (χ2n) is 3.94. The molecule has 1 unspecified atom stereocenters. The lowest BCUT2D eigenvalue weighted by molar-refractivity contribution is -0.137. The van der Waals surface area contributed by atoms with Gasteiger partial charge in [-0.1, -0.05) is 28.1 Å². The number of aliphatic carboxylic acids is 1. The summed E-state index contributed by atoms with van der Waals surface area (Å²) in [6.45, 7) is 3.91. The van der Waals surface area contributed by atoms with Crippen molar-refractivity contribution < 1.29 is 9.90 Å². The molecule has 0 radical (unpaired) electrons. The van der Waals surface area contributed by atoms with Crippen LogP contribution in [0, 0.1) is 0 Å². The van der Waals surface area contributed by atoms with Crippen LogP contribution in [0.25, 0.3) is 0 Å². The molecule has 16 heavy (non-hydrogen) atoms. The third-order valence-corrected chi connectivity index (χ3v) is 2.91. The lowest BCUT2D eigenvalue weighted by Crippen LogP contribution is -2.30. The van der Waals surface area contributed by atoms with Crippen molar-refractivity contribution in [3.63, 3.8) is 0 Å². The lowest BCUT2D eigenvalue weighted by Gasteiger charge is -2.19. The summed E-state index contributed by atoms with van der Waals surface area (Å²) in [6, 6.07) is 8.13. The molecule has 0 bridgehead atoms. The zero-order valence-electron chi connectivity index (χ0n) is 9.40. The normalized spacial score (nSPS) is 14.4. The molecule has 1 aromatic carbocycles. The standard InChI is InChI=1S/C12H16BrNO2/c1-8(7-12(15)16)14-9(2)10-3-5-11(13)6-4-10/h3-6,8-9,14H,7H2,1-2H3,(H,15,16)/t8?,9-/m0/s1. The Hall–Kier alpha value is -0.870. The summed E-state index contributed by atoms with van der Waals surface area (Å²) in [7, 11) is 0. The molecule has 0 aliphatic rings. The van der Waals surface area contributed by atoms with Crippen molar-refractivity contribution in [1.82, 2.24) is 5.32 Å². The molecular formula is C12H16BrNO2. The molecule has 0 aliphatic heterocycles. The monoisotopic (exact) mass is 285 g/mol. The topological polar surface area (TPSA) is 49.3 Å². The van der Waals surface area contributed by atoms with Crippen molar-refractivity contribution in [3.8, 4) is 0 Å². The molecule has 0 fully saturated rings. The Kier molecular flexibility index (Phi) is 4.96. The van der Waals surface area contributed by atoms with Crippen molar-refractivity contribution in [2.75, 3.05) is 0 Å². The molecule has 0 saturated carbocycles. The van der Waals surface area contributed by atoms with E-state index in [1.165, 1.54) is 0 Å². The molecule has 1 aromatic rings. The van der Waals surface area contributed by atoms with Gasteiger partial charge in [-0.3, -0.25) is 4.79 Å². The van der Waals surface area contributed by atoms with Crippen molar-refractivity contribution in [2.45, 2.75) is 32.4 Å². The average molecular weight is 286 g/mol. The molecule has 0 spiro atoms. The largest absolute Gasteiger partial charge is 0.481 e. The van der Waals surface area contributed by atoms with E-state index in [4.69, 9.17) is 5.11 Å². The molecule has 0 saturated heterocycles. The third kappa shape index (κ3) is 4.33. The SMILES string of the molecule is CC(CC(=O)O)N[C@@H](C)c1ccc(Br)cc1. The summed E-state index contributed by atoms with van der Waals surface area (Å²) in [6.07, 6.45) is 0.140. The number of rotatable bonds is 5. The van der Waals surface area contributed by atoms with Gasteiger partial charge in [-0.2, -0.15) is 0 Å². The van der Waals surface area contributed by atoms with E-state index in [1.54, 1.807) is 0 Å². The first-order chi connectivity index (χ1) is 7.49. The van der Waals surface area contributed by atoms with Crippen molar-refractivity contribution in [3.05, 3.63) is 34.3 Å². The summed E-state index contributed by atoms with van der Waals surface area (Å²) in [5, 5.41) is 11.9. The molecule has 2 atom stereocenters. The lowest BCUT2D eigenvalue weighted by atomic mass is 10.1. The van der Waals surface area contributed by atoms with Gasteiger partial charge in [-0.15, -0.1) is 0 Å². The predicted molar refractivity (Wildman–Crippen MR) is 67.4 cm³/mol. The molecule has 2 N–H and O–H groups in total. The summed E-state index contributed by atoms with van der Waals surface area (Å²) in [5.74, 6) is -0.775. The zero-order chi connectivity index (χ0) is 12.1. The van der Waals surface area contributed by atoms with Gasteiger partial charge in [0.25, 0.3) is 0 Å². The molecule has 0 amide bonds. The Morgan fingerprint density at radius 1 is 1.38 bits per heavy atom. The first-order valence-corrected chi connectivity index (χ1v) is 6.01. The number of hydrogen-bond donors (Lipinski definition) is 2. The van der Waals surface area contributed by atoms with Crippen molar-refractivity contribution in [1.29, 1.82) is 0 Å². The Bertz CT molecular complexity index is 351. The first kappa shape index (κ1) is 13.2. The smallest absolute Gasteiger partial charge is 0.304 e. The number of halogens is 1. The minimum Gasteiger partial charge on any atom is -0.481 e. The Morgan fingerprint density at radius 3 is 2.44 bits per heavy atom. The van der Waals surface area contributed by atoms with E-state index in [9.17, 15) is 4.79 Å². The van der Waals surface area contributed by atoms with Crippen molar-refractivity contribution >= 4 is 21.9 Å². The number of carbonyl (C=O) groups is 1. The van der Waals surface area contributed by atoms with E-state index in [2.05, 4.69) is 21.2 Å². The van der Waals surface area contributed by atoms with Crippen LogP contribution in [0.3, 0.4) is 0 Å². The Morgan fingerprint density at radius 2 is 1.94 bits per heavy atom. The van der Waals surface area contributed by atoms with Gasteiger partial charge < -0.3 is 10.4 Å². The van der Waals surface area contributed by atoms with Gasteiger partial charge in [0.2, 0.25) is 0 Å². The van der Waals surface area contributed by atoms with Gasteiger partial charge in [-0.05, 0) is 31.5 Å². The fourth-order valence-corrected chi connectivity index (χ4v) is 1.86. The summed E-state index contributed by atoms with van der Waals surface area (Å²) < 4.78 is 1.04. The van der Waals surface area contributed by atoms with E-state index in [0.717, 1.165) is 10.0 Å². The van der Waals surface area contributed by atoms with Crippen LogP contribution in [0.1, 0.15) is 31.9 Å². The molecule has 0 heterocycles. The fraction of sp³-hybridized carbons (Fsp3) is 0.417. The minimum absolute atomic E-state index is 0.0313. The van der Waals surface area contributed by atoms with Gasteiger partial charge in [0.05, 0.1) is 6.42 Å². The van der Waals surface area contributed by atoms with Gasteiger partial charge in [0, 0.05) is 16.6 Å². The molecule has 0 aromatic heterocycles. The van der Waals surface area contributed by atoms with E-state index >= 15 is 0 Å². The van der Waals surface area contributed by atoms with Crippen LogP contribution < -0.4 is 5.32 Å². The fourth-order valence-electron chi connectivity index (χ4n) is 1.60. The summed E-state index contributed by atoms with van der Waals surface area (Å²) in [5.41, 5.74) is 1.15. The predicted octanol–water partition coefficient (Wildman–Crippen LogP) is 2.96. The highest BCUT2D eigenvalue weighted by Crippen LogP contribution is 2.17. The van der Waals surface area contributed by atoms with E-state index in [1.807, 2.05) is 38.1 Å². The van der Waals surface area contributed by atoms with Gasteiger partial charge in [0.1, 0.15) is 0 Å². The molecule has 0 aliphatic carbocycles. The van der Waals surface area contributed by atoms with Crippen LogP contribution in [0.15, 0.2) is 28.7 Å². The highest BCUT2D eigenvalue weighted by Gasteiger charge is 2.11. The molecular weight excluding hydrogens is 270 g/mol. The van der Waals surface area contributed by atoms with E-state index < -0.39 is 5.97 Å². The maximum Gasteiger partial charge on any atom is 0.304 e. The van der Waals surface area contributed by atoms with Crippen LogP contribution in [0.5, 0.6) is 0 Å². The molecule has 3 nitrogen and oxygen atoms in total. The third-order valence-electron chi connectivity index (χ3n) is 2.39. The van der Waals surface area contributed by atoms with Gasteiger partial charge in [-0.25, -0.2) is 0 Å². The first-order valence-electron chi connectivity index (χ1n) is 5.22. The Labute approximate surface area is 104 Å². The van der Waals surface area contributed by atoms with Crippen LogP contribution in [0.2, 0.25) is 0 Å². The molecule has 1 rings (SSSR count). The number of carboxylic acids is 1. The average Bonchev–Trinajstić information content (AvgIpc) is 2.16. The Balaban J connectivity index is 2.54. The molecule has 88 valence electrons. The van der Waals surface area contributed by atoms with Crippen molar-refractivity contribution in [2.24, 2.45) is 0 Å². The summed E-state index contributed by atoms with van der Waals surface area (Å²) in [4.78, 5) is 10.5. The maximum absolute atomic E-state index is 10.5. The van der Waals surface area contributed by atoms with Gasteiger partial charge in [0.15, 0.2) is 0 Å². The summed E-state index contributed by atoms with van der Waals surface area (Å²) >= 11 is 3.38. The second-order valence-corrected chi connectivity index (χ2v) is 4.85.